The Kier molecular flexibility index (Phi) is 8.29. The molecule has 0 saturated carbocycles. The molecule has 1 aliphatic heterocycles. The smallest absolute Gasteiger partial charge is 0.177 e. The van der Waals surface area contributed by atoms with E-state index in [0.29, 0.717) is 81.4 Å². The predicted octanol–water partition coefficient (Wildman–Crippen LogP) is 4.23. The second kappa shape index (κ2) is 11.5. The first-order chi connectivity index (χ1) is 18.7. The molecule has 14 heteroatoms. The van der Waals surface area contributed by atoms with Crippen LogP contribution in [0, 0.1) is 6.92 Å². The zero-order chi connectivity index (χ0) is 27.8. The number of ether oxygens (including phenoxy) is 1. The lowest BCUT2D eigenvalue weighted by atomic mass is 10.1. The standard InChI is InChI=1S/C25H26Cl3N7O3S/c1-13-22(28)21(18(27)11-30-13)24(29)38-20-8-16-19(9-17(20)26)32-33-23(16)14-7-15(12-36)25(31-10-14)34-3-5-35(6-4-34)39(2)37/h7-11,24,36H,3-6,12,29H2,1-2H3,(H,32,33)/t24-,39?/m0/s1. The molecule has 4 heterocycles. The summed E-state index contributed by atoms with van der Waals surface area (Å²) in [5.41, 5.74) is 9.97. The van der Waals surface area contributed by atoms with Crippen molar-refractivity contribution in [2.45, 2.75) is 19.8 Å². The Hall–Kier alpha value is -2.51. The van der Waals surface area contributed by atoms with Gasteiger partial charge in [0.2, 0.25) is 0 Å². The molecule has 5 rings (SSSR count). The molecule has 1 unspecified atom stereocenters. The molecule has 1 aromatic carbocycles. The Bertz CT molecular complexity index is 1560. The van der Waals surface area contributed by atoms with Crippen LogP contribution in [0.25, 0.3) is 22.2 Å². The number of hydrogen-bond donors (Lipinski definition) is 3. The predicted molar refractivity (Wildman–Crippen MR) is 155 cm³/mol. The highest BCUT2D eigenvalue weighted by Crippen LogP contribution is 2.38. The first-order valence-corrected chi connectivity index (χ1v) is 14.7. The van der Waals surface area contributed by atoms with Gasteiger partial charge in [-0.25, -0.2) is 13.5 Å². The molecule has 1 fully saturated rings. The van der Waals surface area contributed by atoms with Crippen LogP contribution in [0.2, 0.25) is 15.1 Å². The molecule has 0 radical (unpaired) electrons. The number of aryl methyl sites for hydroxylation is 1. The molecule has 39 heavy (non-hydrogen) atoms. The first-order valence-electron chi connectivity index (χ1n) is 12.0. The van der Waals surface area contributed by atoms with Gasteiger partial charge in [-0.1, -0.05) is 34.8 Å². The van der Waals surface area contributed by atoms with Crippen LogP contribution in [0.15, 0.2) is 30.6 Å². The van der Waals surface area contributed by atoms with Crippen molar-refractivity contribution in [3.05, 3.63) is 62.5 Å². The van der Waals surface area contributed by atoms with E-state index in [0.717, 1.165) is 5.39 Å². The Morgan fingerprint density at radius 3 is 2.56 bits per heavy atom. The summed E-state index contributed by atoms with van der Waals surface area (Å²) < 4.78 is 19.7. The molecule has 1 aliphatic rings. The Balaban J connectivity index is 1.45. The maximum Gasteiger partial charge on any atom is 0.177 e. The second-order valence-corrected chi connectivity index (χ2v) is 11.6. The molecule has 1 saturated heterocycles. The van der Waals surface area contributed by atoms with E-state index in [1.165, 1.54) is 6.20 Å². The van der Waals surface area contributed by atoms with Crippen molar-refractivity contribution in [3.8, 4) is 17.0 Å². The number of aromatic amines is 1. The van der Waals surface area contributed by atoms with E-state index in [4.69, 9.17) is 45.3 Å². The number of nitrogens with one attached hydrogen (secondary N) is 1. The number of nitrogens with two attached hydrogens (primary N) is 1. The molecule has 0 spiro atoms. The fraction of sp³-hybridized carbons (Fsp3) is 0.320. The third-order valence-electron chi connectivity index (χ3n) is 6.63. The van der Waals surface area contributed by atoms with Crippen LogP contribution < -0.4 is 15.4 Å². The van der Waals surface area contributed by atoms with E-state index >= 15 is 0 Å². The van der Waals surface area contributed by atoms with Crippen molar-refractivity contribution >= 4 is 62.5 Å². The lowest BCUT2D eigenvalue weighted by molar-refractivity contribution is 0.214. The Morgan fingerprint density at radius 1 is 1.13 bits per heavy atom. The van der Waals surface area contributed by atoms with Gasteiger partial charge in [-0.3, -0.25) is 15.8 Å². The van der Waals surface area contributed by atoms with E-state index in [1.807, 2.05) is 10.4 Å². The molecule has 0 aliphatic carbocycles. The van der Waals surface area contributed by atoms with Crippen molar-refractivity contribution in [2.24, 2.45) is 5.73 Å². The quantitative estimate of drug-likeness (QED) is 0.265. The van der Waals surface area contributed by atoms with Gasteiger partial charge >= 0.3 is 0 Å². The summed E-state index contributed by atoms with van der Waals surface area (Å²) in [6.45, 7) is 4.19. The zero-order valence-electron chi connectivity index (χ0n) is 21.1. The average Bonchev–Trinajstić information content (AvgIpc) is 3.33. The van der Waals surface area contributed by atoms with Crippen molar-refractivity contribution < 1.29 is 14.1 Å². The van der Waals surface area contributed by atoms with Crippen LogP contribution in [-0.2, 0) is 17.6 Å². The monoisotopic (exact) mass is 609 g/mol. The highest BCUT2D eigenvalue weighted by molar-refractivity contribution is 7.81. The lowest BCUT2D eigenvalue weighted by Gasteiger charge is -2.34. The average molecular weight is 611 g/mol. The SMILES string of the molecule is Cc1ncc(Cl)c([C@@H](N)Oc2cc3c(-c4cnc(N5CCN(S(C)=O)CC5)c(CO)c4)n[nH]c3cc2Cl)c1Cl. The van der Waals surface area contributed by atoms with Crippen molar-refractivity contribution in [1.29, 1.82) is 0 Å². The largest absolute Gasteiger partial charge is 0.470 e. The molecule has 2 atom stereocenters. The fourth-order valence-electron chi connectivity index (χ4n) is 4.56. The van der Waals surface area contributed by atoms with E-state index in [9.17, 15) is 9.32 Å². The highest BCUT2D eigenvalue weighted by atomic mass is 35.5. The van der Waals surface area contributed by atoms with Gasteiger partial charge < -0.3 is 14.7 Å². The second-order valence-electron chi connectivity index (χ2n) is 9.06. The van der Waals surface area contributed by atoms with Crippen molar-refractivity contribution in [1.82, 2.24) is 24.5 Å². The zero-order valence-corrected chi connectivity index (χ0v) is 24.2. The third-order valence-corrected chi connectivity index (χ3v) is 8.79. The molecule has 0 bridgehead atoms. The normalized spacial score (nSPS) is 16.0. The summed E-state index contributed by atoms with van der Waals surface area (Å²) in [4.78, 5) is 10.9. The van der Waals surface area contributed by atoms with E-state index in [1.54, 1.807) is 31.5 Å². The van der Waals surface area contributed by atoms with Crippen LogP contribution in [0.3, 0.4) is 0 Å². The van der Waals surface area contributed by atoms with E-state index in [2.05, 4.69) is 25.1 Å². The summed E-state index contributed by atoms with van der Waals surface area (Å²) in [5, 5.41) is 19.3. The van der Waals surface area contributed by atoms with Gasteiger partial charge in [-0.05, 0) is 25.1 Å². The number of rotatable bonds is 7. The van der Waals surface area contributed by atoms with Gasteiger partial charge in [0.25, 0.3) is 0 Å². The van der Waals surface area contributed by atoms with Crippen molar-refractivity contribution in [3.63, 3.8) is 0 Å². The third kappa shape index (κ3) is 5.58. The van der Waals surface area contributed by atoms with E-state index in [-0.39, 0.29) is 11.6 Å². The minimum Gasteiger partial charge on any atom is -0.470 e. The minimum absolute atomic E-state index is 0.194. The summed E-state index contributed by atoms with van der Waals surface area (Å²) >= 11 is 19.2. The number of aliphatic hydroxyl groups excluding tert-OH is 1. The molecule has 10 nitrogen and oxygen atoms in total. The number of anilines is 1. The van der Waals surface area contributed by atoms with Crippen LogP contribution >= 0.6 is 34.8 Å². The molecule has 4 N–H and O–H groups in total. The van der Waals surface area contributed by atoms with Gasteiger partial charge in [0, 0.05) is 66.9 Å². The number of halogens is 3. The molecule has 3 aromatic heterocycles. The number of pyridine rings is 2. The Labute approximate surface area is 242 Å². The molecule has 206 valence electrons. The number of piperazine rings is 1. The lowest BCUT2D eigenvalue weighted by Crippen LogP contribution is -2.47. The number of aromatic nitrogens is 4. The number of aliphatic hydroxyl groups is 1. The summed E-state index contributed by atoms with van der Waals surface area (Å²) in [6.07, 6.45) is 3.87. The van der Waals surface area contributed by atoms with Crippen LogP contribution in [0.1, 0.15) is 23.0 Å². The number of fused-ring (bicyclic) bond motifs is 1. The maximum absolute atomic E-state index is 11.8. The summed E-state index contributed by atoms with van der Waals surface area (Å²) in [7, 11) is -1.01. The van der Waals surface area contributed by atoms with E-state index < -0.39 is 17.2 Å². The van der Waals surface area contributed by atoms with Gasteiger partial charge in [0.1, 0.15) is 17.3 Å². The molecular weight excluding hydrogens is 585 g/mol. The summed E-state index contributed by atoms with van der Waals surface area (Å²) in [6, 6.07) is 5.30. The Morgan fingerprint density at radius 2 is 1.87 bits per heavy atom. The maximum atomic E-state index is 11.8. The summed E-state index contributed by atoms with van der Waals surface area (Å²) in [5.74, 6) is 1.01. The topological polar surface area (TPSA) is 133 Å². The molecule has 0 amide bonds. The number of nitrogens with zero attached hydrogens (tertiary/aromatic N) is 5. The van der Waals surface area contributed by atoms with Crippen LogP contribution in [0.4, 0.5) is 5.82 Å². The van der Waals surface area contributed by atoms with Crippen LogP contribution in [0.5, 0.6) is 5.75 Å². The highest BCUT2D eigenvalue weighted by Gasteiger charge is 2.24. The van der Waals surface area contributed by atoms with Crippen LogP contribution in [-0.4, -0.2) is 66.2 Å². The van der Waals surface area contributed by atoms with Gasteiger partial charge in [-0.2, -0.15) is 5.10 Å². The number of hydrogen-bond acceptors (Lipinski definition) is 8. The van der Waals surface area contributed by atoms with Gasteiger partial charge in [0.05, 0.1) is 43.9 Å². The minimum atomic E-state index is -1.01. The van der Waals surface area contributed by atoms with Gasteiger partial charge in [0.15, 0.2) is 6.23 Å². The number of benzene rings is 1. The fourth-order valence-corrected chi connectivity index (χ4v) is 6.00. The first kappa shape index (κ1) is 28.0. The van der Waals surface area contributed by atoms with Gasteiger partial charge in [-0.15, -0.1) is 0 Å². The number of H-pyrrole nitrogens is 1. The molecule has 4 aromatic rings. The van der Waals surface area contributed by atoms with Crippen molar-refractivity contribution in [2.75, 3.05) is 37.3 Å². The molecular formula is C25H26Cl3N7O3S.